The van der Waals surface area contributed by atoms with Gasteiger partial charge in [-0.15, -0.1) is 34.8 Å². The van der Waals surface area contributed by atoms with Crippen molar-refractivity contribution in [3.05, 3.63) is 101 Å². The maximum absolute atomic E-state index is 5.56. The van der Waals surface area contributed by atoms with E-state index in [1.165, 1.54) is 21.9 Å². The zero-order chi connectivity index (χ0) is 24.3. The van der Waals surface area contributed by atoms with E-state index < -0.39 is 0 Å². The molecule has 35 heavy (non-hydrogen) atoms. The molecular weight excluding hydrogens is 591 g/mol. The van der Waals surface area contributed by atoms with Crippen LogP contribution in [0.3, 0.4) is 0 Å². The summed E-state index contributed by atoms with van der Waals surface area (Å²) < 4.78 is 0. The number of para-hydroxylation sites is 1. The van der Waals surface area contributed by atoms with Crippen LogP contribution in [0.15, 0.2) is 72.8 Å². The van der Waals surface area contributed by atoms with Crippen LogP contribution in [-0.4, -0.2) is 4.98 Å². The molecule has 180 valence electrons. The number of fused-ring (bicyclic) bond motifs is 1. The van der Waals surface area contributed by atoms with Crippen LogP contribution in [0.4, 0.5) is 5.69 Å². The quantitative estimate of drug-likeness (QED) is 0.141. The van der Waals surface area contributed by atoms with Crippen molar-refractivity contribution in [2.24, 2.45) is 0 Å². The molecule has 2 nitrogen and oxygen atoms in total. The van der Waals surface area contributed by atoms with Crippen molar-refractivity contribution in [1.29, 1.82) is 0 Å². The Hall–Kier alpha value is -2.26. The smallest absolute Gasteiger partial charge is 0.0183 e. The van der Waals surface area contributed by atoms with E-state index in [2.05, 4.69) is 114 Å². The van der Waals surface area contributed by atoms with Gasteiger partial charge in [-0.25, -0.2) is 0 Å². The molecule has 0 saturated carbocycles. The van der Waals surface area contributed by atoms with Crippen molar-refractivity contribution < 1.29 is 25.8 Å². The zero-order valence-corrected chi connectivity index (χ0v) is 25.5. The summed E-state index contributed by atoms with van der Waals surface area (Å²) in [6.45, 7) is 13.5. The van der Waals surface area contributed by atoms with E-state index in [1.54, 1.807) is 0 Å². The fraction of sp³-hybridized carbons (Fsp3) is 0.344. The molecule has 4 rings (SSSR count). The summed E-state index contributed by atoms with van der Waals surface area (Å²) in [7, 11) is 0. The van der Waals surface area contributed by atoms with Crippen molar-refractivity contribution in [2.45, 2.75) is 71.8 Å². The van der Waals surface area contributed by atoms with Crippen LogP contribution in [0.2, 0.25) is 0 Å². The fourth-order valence-corrected chi connectivity index (χ4v) is 4.89. The largest absolute Gasteiger partial charge is 0.674 e. The van der Waals surface area contributed by atoms with E-state index in [4.69, 9.17) is 10.3 Å². The van der Waals surface area contributed by atoms with Gasteiger partial charge < -0.3 is 10.3 Å². The van der Waals surface area contributed by atoms with Gasteiger partial charge in [-0.1, -0.05) is 131 Å². The van der Waals surface area contributed by atoms with Crippen molar-refractivity contribution in [1.82, 2.24) is 4.98 Å². The number of aromatic nitrogens is 1. The molecule has 3 heteroatoms. The average Bonchev–Trinajstić information content (AvgIpc) is 2.86. The Morgan fingerprint density at radius 2 is 1.43 bits per heavy atom. The van der Waals surface area contributed by atoms with E-state index >= 15 is 0 Å². The molecule has 0 saturated heterocycles. The number of hydrogen-bond donors (Lipinski definition) is 0. The number of hydrogen-bond acceptors (Lipinski definition) is 1. The summed E-state index contributed by atoms with van der Waals surface area (Å²) in [6, 6.07) is 29.0. The van der Waals surface area contributed by atoms with Crippen LogP contribution in [0, 0.1) is 6.07 Å². The number of pyridine rings is 1. The van der Waals surface area contributed by atoms with Crippen LogP contribution in [0.1, 0.15) is 83.0 Å². The summed E-state index contributed by atoms with van der Waals surface area (Å²) in [5, 5.41) is 7.95. The second-order valence-electron chi connectivity index (χ2n) is 9.79. The Morgan fingerprint density at radius 3 is 2.06 bits per heavy atom. The van der Waals surface area contributed by atoms with Crippen molar-refractivity contribution in [3.8, 4) is 11.3 Å². The summed E-state index contributed by atoms with van der Waals surface area (Å²) >= 11 is 0. The molecule has 0 N–H and O–H groups in total. The van der Waals surface area contributed by atoms with Gasteiger partial charge in [-0.2, -0.15) is 0 Å². The van der Waals surface area contributed by atoms with Crippen LogP contribution in [-0.2, 0) is 31.4 Å². The molecule has 0 fully saturated rings. The minimum absolute atomic E-state index is 0. The Morgan fingerprint density at radius 1 is 0.800 bits per heavy atom. The standard InChI is InChI=1S/C32H36N2.Hf/c1-7-32(8-2,34-31-25(22(3)4)17-12-18-26(31)23(5)6)30-21-13-20-29(33-30)28-19-11-15-24-14-9-10-16-27(24)28;/h9-18,20-23H,7-8H2,1-6H3;/q-2;. The van der Waals surface area contributed by atoms with Gasteiger partial charge in [0.25, 0.3) is 0 Å². The molecular formula is C32H36HfN2-2. The first-order valence-electron chi connectivity index (χ1n) is 12.6. The molecule has 0 amide bonds. The summed E-state index contributed by atoms with van der Waals surface area (Å²) in [5.74, 6) is 0.821. The van der Waals surface area contributed by atoms with E-state index in [9.17, 15) is 0 Å². The second kappa shape index (κ2) is 11.6. The number of rotatable bonds is 8. The van der Waals surface area contributed by atoms with Gasteiger partial charge >= 0.3 is 0 Å². The average molecular weight is 627 g/mol. The Kier molecular flexibility index (Phi) is 9.10. The van der Waals surface area contributed by atoms with Crippen LogP contribution in [0.5, 0.6) is 0 Å². The predicted octanol–water partition coefficient (Wildman–Crippen LogP) is 9.67. The molecule has 0 bridgehead atoms. The van der Waals surface area contributed by atoms with Crippen molar-refractivity contribution >= 4 is 16.5 Å². The van der Waals surface area contributed by atoms with Gasteiger partial charge in [0.2, 0.25) is 0 Å². The van der Waals surface area contributed by atoms with Crippen molar-refractivity contribution in [3.63, 3.8) is 0 Å². The third-order valence-corrected chi connectivity index (χ3v) is 7.04. The van der Waals surface area contributed by atoms with E-state index in [0.29, 0.717) is 11.8 Å². The van der Waals surface area contributed by atoms with Gasteiger partial charge in [0, 0.05) is 31.5 Å². The van der Waals surface area contributed by atoms with E-state index in [-0.39, 0.29) is 31.4 Å². The molecule has 3 aromatic carbocycles. The molecule has 0 spiro atoms. The molecule has 0 aliphatic rings. The molecule has 1 aromatic heterocycles. The summed E-state index contributed by atoms with van der Waals surface area (Å²) in [6.07, 6.45) is 1.78. The number of nitrogens with zero attached hydrogens (tertiary/aromatic N) is 2. The minimum atomic E-state index is -0.380. The SMILES string of the molecule is CCC(CC)([N-]c1c(C(C)C)cccc1C(C)C)c1cccc(-c2[c-]ccc3ccccc23)n1.[Hf]. The van der Waals surface area contributed by atoms with Crippen LogP contribution >= 0.6 is 0 Å². The van der Waals surface area contributed by atoms with Gasteiger partial charge in [0.05, 0.1) is 0 Å². The van der Waals surface area contributed by atoms with Gasteiger partial charge in [0.15, 0.2) is 0 Å². The van der Waals surface area contributed by atoms with Crippen LogP contribution < -0.4 is 0 Å². The molecule has 0 aliphatic carbocycles. The molecule has 0 atom stereocenters. The third-order valence-electron chi connectivity index (χ3n) is 7.04. The normalized spacial score (nSPS) is 11.7. The Balaban J connectivity index is 0.00000342. The Bertz CT molecular complexity index is 1240. The minimum Gasteiger partial charge on any atom is -0.674 e. The van der Waals surface area contributed by atoms with E-state index in [0.717, 1.165) is 35.5 Å². The van der Waals surface area contributed by atoms with Gasteiger partial charge in [0.1, 0.15) is 0 Å². The Labute approximate surface area is 230 Å². The zero-order valence-electron chi connectivity index (χ0n) is 21.9. The maximum Gasteiger partial charge on any atom is 0.0183 e. The third kappa shape index (κ3) is 5.45. The molecule has 1 heterocycles. The topological polar surface area (TPSA) is 27.0 Å². The monoisotopic (exact) mass is 628 g/mol. The van der Waals surface area contributed by atoms with Crippen molar-refractivity contribution in [2.75, 3.05) is 0 Å². The predicted molar refractivity (Wildman–Crippen MR) is 146 cm³/mol. The fourth-order valence-electron chi connectivity index (χ4n) is 4.89. The molecule has 0 aliphatic heterocycles. The molecule has 4 aromatic rings. The summed E-state index contributed by atoms with van der Waals surface area (Å²) in [5.41, 5.74) is 6.44. The first-order valence-corrected chi connectivity index (χ1v) is 12.6. The first-order chi connectivity index (χ1) is 16.4. The first kappa shape index (κ1) is 27.3. The number of benzene rings is 3. The van der Waals surface area contributed by atoms with Gasteiger partial charge in [-0.05, 0) is 23.6 Å². The van der Waals surface area contributed by atoms with Crippen LogP contribution in [0.25, 0.3) is 27.3 Å². The summed E-state index contributed by atoms with van der Waals surface area (Å²) in [4.78, 5) is 5.23. The van der Waals surface area contributed by atoms with Gasteiger partial charge in [-0.3, -0.25) is 0 Å². The maximum atomic E-state index is 5.56. The van der Waals surface area contributed by atoms with E-state index in [1.807, 2.05) is 6.07 Å². The second-order valence-corrected chi connectivity index (χ2v) is 9.79. The molecule has 0 unspecified atom stereocenters. The molecule has 0 radical (unpaired) electrons.